The first-order valence-electron chi connectivity index (χ1n) is 13.6. The highest BCUT2D eigenvalue weighted by Gasteiger charge is 2.35. The van der Waals surface area contributed by atoms with Crippen molar-refractivity contribution in [1.29, 1.82) is 0 Å². The second kappa shape index (κ2) is 12.3. The van der Waals surface area contributed by atoms with Crippen molar-refractivity contribution in [3.8, 4) is 28.6 Å². The number of hydrogen-bond acceptors (Lipinski definition) is 10. The molecular formula is C29H30N6O7. The maximum Gasteiger partial charge on any atom is 0.250 e. The van der Waals surface area contributed by atoms with E-state index >= 15 is 0 Å². The van der Waals surface area contributed by atoms with Crippen LogP contribution in [0.2, 0.25) is 0 Å². The molecule has 0 bridgehead atoms. The van der Waals surface area contributed by atoms with Gasteiger partial charge in [0.25, 0.3) is 5.91 Å². The van der Waals surface area contributed by atoms with Crippen molar-refractivity contribution < 1.29 is 33.0 Å². The van der Waals surface area contributed by atoms with Crippen LogP contribution >= 0.6 is 0 Å². The van der Waals surface area contributed by atoms with Crippen molar-refractivity contribution in [1.82, 2.24) is 30.4 Å². The fraction of sp³-hybridized carbons (Fsp3) is 0.345. The van der Waals surface area contributed by atoms with E-state index in [9.17, 15) is 9.59 Å². The summed E-state index contributed by atoms with van der Waals surface area (Å²) in [7, 11) is 1.59. The molecule has 42 heavy (non-hydrogen) atoms. The first-order chi connectivity index (χ1) is 20.6. The topological polar surface area (TPSA) is 143 Å². The number of ether oxygens (including phenoxy) is 4. The lowest BCUT2D eigenvalue weighted by Crippen LogP contribution is -2.46. The molecule has 2 unspecified atom stereocenters. The van der Waals surface area contributed by atoms with Crippen molar-refractivity contribution in [3.63, 3.8) is 0 Å². The Morgan fingerprint density at radius 3 is 2.76 bits per heavy atom. The highest BCUT2D eigenvalue weighted by Crippen LogP contribution is 2.34. The third-order valence-electron chi connectivity index (χ3n) is 7.09. The van der Waals surface area contributed by atoms with Crippen LogP contribution in [0, 0.1) is 0 Å². The van der Waals surface area contributed by atoms with Gasteiger partial charge in [-0.3, -0.25) is 9.59 Å². The third-order valence-corrected chi connectivity index (χ3v) is 7.09. The molecule has 6 rings (SSSR count). The maximum absolute atomic E-state index is 14.0. The largest absolute Gasteiger partial charge is 0.497 e. The van der Waals surface area contributed by atoms with Gasteiger partial charge in [-0.15, -0.1) is 10.2 Å². The molecule has 13 nitrogen and oxygen atoms in total. The second-order valence-electron chi connectivity index (χ2n) is 9.88. The van der Waals surface area contributed by atoms with Crippen LogP contribution in [0.3, 0.4) is 0 Å². The number of rotatable bonds is 11. The van der Waals surface area contributed by atoms with Crippen molar-refractivity contribution >= 4 is 11.8 Å². The Balaban J connectivity index is 1.27. The van der Waals surface area contributed by atoms with Crippen molar-refractivity contribution in [3.05, 3.63) is 72.2 Å². The van der Waals surface area contributed by atoms with Crippen LogP contribution in [0.25, 0.3) is 11.4 Å². The summed E-state index contributed by atoms with van der Waals surface area (Å²) in [6.07, 6.45) is 3.21. The molecule has 2 aromatic carbocycles. The smallest absolute Gasteiger partial charge is 0.250 e. The lowest BCUT2D eigenvalue weighted by atomic mass is 10.1. The molecule has 2 atom stereocenters. The first kappa shape index (κ1) is 27.3. The molecule has 0 radical (unpaired) electrons. The van der Waals surface area contributed by atoms with Crippen molar-refractivity contribution in [2.24, 2.45) is 0 Å². The van der Waals surface area contributed by atoms with E-state index in [0.717, 1.165) is 18.4 Å². The average Bonchev–Trinajstić information content (AvgIpc) is 3.84. The standard InChI is InChI=1S/C29H30N6O7/c1-38-21-9-7-20(8-10-21)28-31-33-35(32-28)17-26(36)34(16-19-6-11-23-25(14-19)42-18-41-23)27(24-5-3-13-40-24)29(37)30-15-22-4-2-12-39-22/h3,5-11,13-14,22,27H,2,4,12,15-18H2,1H3,(H,30,37). The molecule has 1 saturated heterocycles. The number of hydrogen-bond donors (Lipinski definition) is 1. The van der Waals surface area contributed by atoms with Gasteiger partial charge in [0.2, 0.25) is 18.5 Å². The Kier molecular flexibility index (Phi) is 7.99. The molecule has 2 aliphatic rings. The van der Waals surface area contributed by atoms with E-state index in [1.165, 1.54) is 16.0 Å². The highest BCUT2D eigenvalue weighted by atomic mass is 16.7. The normalized spacial score (nSPS) is 16.3. The van der Waals surface area contributed by atoms with Gasteiger partial charge in [0, 0.05) is 25.3 Å². The number of amides is 2. The molecule has 218 valence electrons. The third kappa shape index (κ3) is 6.05. The van der Waals surface area contributed by atoms with E-state index < -0.39 is 11.9 Å². The zero-order chi connectivity index (χ0) is 28.9. The predicted molar refractivity (Wildman–Crippen MR) is 146 cm³/mol. The average molecular weight is 575 g/mol. The molecule has 0 aliphatic carbocycles. The number of fused-ring (bicyclic) bond motifs is 1. The lowest BCUT2D eigenvalue weighted by molar-refractivity contribution is -0.143. The number of carbonyl (C=O) groups excluding carboxylic acids is 2. The fourth-order valence-corrected chi connectivity index (χ4v) is 4.92. The number of furan rings is 1. The number of tetrazole rings is 1. The Bertz CT molecular complexity index is 1520. The highest BCUT2D eigenvalue weighted by molar-refractivity contribution is 5.88. The molecule has 2 amide bonds. The summed E-state index contributed by atoms with van der Waals surface area (Å²) in [6, 6.07) is 14.9. The molecule has 1 fully saturated rings. The summed E-state index contributed by atoms with van der Waals surface area (Å²) in [5.41, 5.74) is 1.45. The summed E-state index contributed by atoms with van der Waals surface area (Å²) in [5.74, 6) is 1.75. The molecule has 4 aromatic rings. The lowest BCUT2D eigenvalue weighted by Gasteiger charge is -2.30. The van der Waals surface area contributed by atoms with Crippen LogP contribution in [0.4, 0.5) is 0 Å². The van der Waals surface area contributed by atoms with Gasteiger partial charge in [0.05, 0.1) is 19.5 Å². The van der Waals surface area contributed by atoms with Gasteiger partial charge in [-0.25, -0.2) is 0 Å². The van der Waals surface area contributed by atoms with Gasteiger partial charge in [0.15, 0.2) is 17.5 Å². The number of nitrogens with one attached hydrogen (secondary N) is 1. The monoisotopic (exact) mass is 574 g/mol. The summed E-state index contributed by atoms with van der Waals surface area (Å²) < 4.78 is 27.5. The van der Waals surface area contributed by atoms with Gasteiger partial charge < -0.3 is 33.6 Å². The predicted octanol–water partition coefficient (Wildman–Crippen LogP) is 2.74. The Labute approximate surface area is 241 Å². The zero-order valence-corrected chi connectivity index (χ0v) is 23.0. The minimum atomic E-state index is -1.07. The number of carbonyl (C=O) groups is 2. The van der Waals surface area contributed by atoms with Gasteiger partial charge in [-0.05, 0) is 72.1 Å². The van der Waals surface area contributed by atoms with Gasteiger partial charge >= 0.3 is 0 Å². The number of nitrogens with zero attached hydrogens (tertiary/aromatic N) is 5. The van der Waals surface area contributed by atoms with E-state index in [-0.39, 0.29) is 31.9 Å². The minimum absolute atomic E-state index is 0.0695. The van der Waals surface area contributed by atoms with Gasteiger partial charge in [-0.2, -0.15) is 4.80 Å². The number of aromatic nitrogens is 4. The van der Waals surface area contributed by atoms with Gasteiger partial charge in [-0.1, -0.05) is 6.07 Å². The second-order valence-corrected chi connectivity index (χ2v) is 9.88. The number of methoxy groups -OCH3 is 1. The SMILES string of the molecule is COc1ccc(-c2nnn(CC(=O)N(Cc3ccc4c(c3)OCO4)C(C(=O)NCC3CCCO3)c3ccco3)n2)cc1. The molecule has 13 heteroatoms. The first-order valence-corrected chi connectivity index (χ1v) is 13.6. The molecule has 2 aliphatic heterocycles. The summed E-state index contributed by atoms with van der Waals surface area (Å²) in [6.45, 7) is 0.937. The maximum atomic E-state index is 14.0. The molecule has 0 saturated carbocycles. The quantitative estimate of drug-likeness (QED) is 0.284. The summed E-state index contributed by atoms with van der Waals surface area (Å²) >= 11 is 0. The van der Waals surface area contributed by atoms with E-state index in [4.69, 9.17) is 23.4 Å². The minimum Gasteiger partial charge on any atom is -0.497 e. The van der Waals surface area contributed by atoms with Crippen LogP contribution in [-0.4, -0.2) is 70.1 Å². The Morgan fingerprint density at radius 1 is 1.14 bits per heavy atom. The molecule has 4 heterocycles. The van der Waals surface area contributed by atoms with Crippen LogP contribution in [-0.2, 0) is 27.4 Å². The molecule has 2 aromatic heterocycles. The molecular weight excluding hydrogens is 544 g/mol. The van der Waals surface area contributed by atoms with E-state index in [2.05, 4.69) is 20.7 Å². The van der Waals surface area contributed by atoms with E-state index in [1.54, 1.807) is 55.6 Å². The van der Waals surface area contributed by atoms with Crippen LogP contribution in [0.15, 0.2) is 65.3 Å². The fourth-order valence-electron chi connectivity index (χ4n) is 4.92. The van der Waals surface area contributed by atoms with E-state index in [0.29, 0.717) is 47.5 Å². The summed E-state index contributed by atoms with van der Waals surface area (Å²) in [4.78, 5) is 30.3. The van der Waals surface area contributed by atoms with E-state index in [1.807, 2.05) is 6.07 Å². The van der Waals surface area contributed by atoms with Crippen LogP contribution < -0.4 is 19.5 Å². The Morgan fingerprint density at radius 2 is 2.00 bits per heavy atom. The van der Waals surface area contributed by atoms with Gasteiger partial charge in [0.1, 0.15) is 18.1 Å². The van der Waals surface area contributed by atoms with Crippen LogP contribution in [0.5, 0.6) is 17.2 Å². The summed E-state index contributed by atoms with van der Waals surface area (Å²) in [5, 5.41) is 15.5. The number of benzene rings is 2. The van der Waals surface area contributed by atoms with Crippen molar-refractivity contribution in [2.45, 2.75) is 38.1 Å². The molecule has 1 N–H and O–H groups in total. The van der Waals surface area contributed by atoms with Crippen LogP contribution in [0.1, 0.15) is 30.2 Å². The Hall–Kier alpha value is -4.91. The van der Waals surface area contributed by atoms with Crippen molar-refractivity contribution in [2.75, 3.05) is 27.1 Å². The molecule has 0 spiro atoms. The zero-order valence-electron chi connectivity index (χ0n) is 23.0.